The van der Waals surface area contributed by atoms with Gasteiger partial charge in [-0.25, -0.2) is 0 Å². The lowest BCUT2D eigenvalue weighted by atomic mass is 10.1. The molecule has 0 aliphatic rings. The predicted molar refractivity (Wildman–Crippen MR) is 85.2 cm³/mol. The zero-order chi connectivity index (χ0) is 15.5. The van der Waals surface area contributed by atoms with Crippen LogP contribution in [0.4, 0.5) is 0 Å². The van der Waals surface area contributed by atoms with Gasteiger partial charge in [0.1, 0.15) is 11.3 Å². The minimum atomic E-state index is -0.172. The van der Waals surface area contributed by atoms with E-state index in [0.717, 1.165) is 16.7 Å². The number of benzene rings is 1. The van der Waals surface area contributed by atoms with Crippen LogP contribution >= 0.6 is 0 Å². The smallest absolute Gasteiger partial charge is 0.221 e. The van der Waals surface area contributed by atoms with Crippen LogP contribution in [0.15, 0.2) is 28.7 Å². The molecule has 0 aliphatic heterocycles. The molecule has 0 unspecified atom stereocenters. The Labute approximate surface area is 125 Å². The lowest BCUT2D eigenvalue weighted by Gasteiger charge is -2.20. The van der Waals surface area contributed by atoms with Crippen molar-refractivity contribution < 1.29 is 9.21 Å². The highest BCUT2D eigenvalue weighted by molar-refractivity contribution is 5.82. The highest BCUT2D eigenvalue weighted by atomic mass is 16.3. The van der Waals surface area contributed by atoms with E-state index in [-0.39, 0.29) is 11.4 Å². The number of rotatable bonds is 5. The van der Waals surface area contributed by atoms with Gasteiger partial charge in [0.05, 0.1) is 0 Å². The summed E-state index contributed by atoms with van der Waals surface area (Å²) in [6.45, 7) is 9.30. The van der Waals surface area contributed by atoms with Gasteiger partial charge < -0.3 is 15.1 Å². The van der Waals surface area contributed by atoms with Crippen LogP contribution in [0.3, 0.4) is 0 Å². The second-order valence-electron chi connectivity index (χ2n) is 6.36. The largest absolute Gasteiger partial charge is 0.461 e. The fraction of sp³-hybridized carbons (Fsp3) is 0.471. The molecule has 0 spiro atoms. The number of carbonyl (C=O) groups is 1. The number of furan rings is 1. The first-order valence-corrected chi connectivity index (χ1v) is 7.35. The second-order valence-corrected chi connectivity index (χ2v) is 6.36. The SMILES string of the molecule is Cc1oc2ccccc2c1CNCCC(=O)NC(C)(C)C. The zero-order valence-electron chi connectivity index (χ0n) is 13.2. The van der Waals surface area contributed by atoms with Crippen LogP contribution in [0.25, 0.3) is 11.0 Å². The summed E-state index contributed by atoms with van der Waals surface area (Å²) in [6.07, 6.45) is 0.478. The maximum absolute atomic E-state index is 11.7. The van der Waals surface area contributed by atoms with E-state index < -0.39 is 0 Å². The number of hydrogen-bond donors (Lipinski definition) is 2. The number of para-hydroxylation sites is 1. The summed E-state index contributed by atoms with van der Waals surface area (Å²) >= 11 is 0. The molecule has 1 aromatic carbocycles. The van der Waals surface area contributed by atoms with Gasteiger partial charge in [0.2, 0.25) is 5.91 Å². The van der Waals surface area contributed by atoms with E-state index in [0.29, 0.717) is 19.5 Å². The van der Waals surface area contributed by atoms with E-state index >= 15 is 0 Å². The minimum absolute atomic E-state index is 0.0729. The lowest BCUT2D eigenvalue weighted by molar-refractivity contribution is -0.122. The van der Waals surface area contributed by atoms with Gasteiger partial charge in [-0.15, -0.1) is 0 Å². The molecule has 0 fully saturated rings. The van der Waals surface area contributed by atoms with E-state index in [1.807, 2.05) is 45.9 Å². The topological polar surface area (TPSA) is 54.3 Å². The molecule has 2 aromatic rings. The van der Waals surface area contributed by atoms with Crippen LogP contribution < -0.4 is 10.6 Å². The first kappa shape index (κ1) is 15.6. The molecule has 4 nitrogen and oxygen atoms in total. The van der Waals surface area contributed by atoms with Gasteiger partial charge in [-0.3, -0.25) is 4.79 Å². The highest BCUT2D eigenvalue weighted by Gasteiger charge is 2.13. The van der Waals surface area contributed by atoms with Gasteiger partial charge >= 0.3 is 0 Å². The molecule has 1 aromatic heterocycles. The maximum Gasteiger partial charge on any atom is 0.221 e. The molecule has 0 aliphatic carbocycles. The number of aryl methyl sites for hydroxylation is 1. The van der Waals surface area contributed by atoms with Crippen molar-refractivity contribution in [1.82, 2.24) is 10.6 Å². The van der Waals surface area contributed by atoms with Gasteiger partial charge in [0.25, 0.3) is 0 Å². The van der Waals surface area contributed by atoms with Crippen LogP contribution in [0.1, 0.15) is 38.5 Å². The van der Waals surface area contributed by atoms with Crippen LogP contribution in [0, 0.1) is 6.92 Å². The molecule has 0 bridgehead atoms. The third kappa shape index (κ3) is 4.33. The number of nitrogens with one attached hydrogen (secondary N) is 2. The summed E-state index contributed by atoms with van der Waals surface area (Å²) < 4.78 is 5.72. The molecular weight excluding hydrogens is 264 g/mol. The van der Waals surface area contributed by atoms with Gasteiger partial charge in [-0.2, -0.15) is 0 Å². The Morgan fingerprint density at radius 1 is 1.24 bits per heavy atom. The maximum atomic E-state index is 11.7. The van der Waals surface area contributed by atoms with Crippen molar-refractivity contribution in [2.75, 3.05) is 6.54 Å². The molecule has 0 radical (unpaired) electrons. The third-order valence-corrected chi connectivity index (χ3v) is 3.25. The monoisotopic (exact) mass is 288 g/mol. The van der Waals surface area contributed by atoms with Gasteiger partial charge in [0.15, 0.2) is 0 Å². The summed E-state index contributed by atoms with van der Waals surface area (Å²) in [5.74, 6) is 1.01. The van der Waals surface area contributed by atoms with Crippen molar-refractivity contribution in [1.29, 1.82) is 0 Å². The second kappa shape index (κ2) is 6.31. The van der Waals surface area contributed by atoms with Crippen molar-refractivity contribution in [2.24, 2.45) is 0 Å². The van der Waals surface area contributed by atoms with E-state index in [9.17, 15) is 4.79 Å². The Balaban J connectivity index is 1.86. The van der Waals surface area contributed by atoms with E-state index in [4.69, 9.17) is 4.42 Å². The van der Waals surface area contributed by atoms with Crippen LogP contribution in [0.2, 0.25) is 0 Å². The van der Waals surface area contributed by atoms with E-state index in [1.165, 1.54) is 5.56 Å². The fourth-order valence-electron chi connectivity index (χ4n) is 2.34. The molecular formula is C17H24N2O2. The number of fused-ring (bicyclic) bond motifs is 1. The summed E-state index contributed by atoms with van der Waals surface area (Å²) in [4.78, 5) is 11.7. The molecule has 114 valence electrons. The van der Waals surface area contributed by atoms with Crippen molar-refractivity contribution in [3.63, 3.8) is 0 Å². The Morgan fingerprint density at radius 3 is 2.67 bits per heavy atom. The zero-order valence-corrected chi connectivity index (χ0v) is 13.2. The molecule has 0 saturated carbocycles. The summed E-state index contributed by atoms with van der Waals surface area (Å²) in [5.41, 5.74) is 1.91. The van der Waals surface area contributed by atoms with Crippen molar-refractivity contribution in [3.05, 3.63) is 35.6 Å². The normalized spacial score (nSPS) is 11.8. The van der Waals surface area contributed by atoms with Gasteiger partial charge in [0, 0.05) is 36.0 Å². The first-order valence-electron chi connectivity index (χ1n) is 7.35. The number of amides is 1. The molecule has 0 atom stereocenters. The molecule has 4 heteroatoms. The van der Waals surface area contributed by atoms with Crippen LogP contribution in [-0.2, 0) is 11.3 Å². The molecule has 1 amide bonds. The molecule has 2 N–H and O–H groups in total. The standard InChI is InChI=1S/C17H24N2O2/c1-12-14(13-7-5-6-8-15(13)21-12)11-18-10-9-16(20)19-17(2,3)4/h5-8,18H,9-11H2,1-4H3,(H,19,20). The third-order valence-electron chi connectivity index (χ3n) is 3.25. The van der Waals surface area contributed by atoms with Crippen molar-refractivity contribution in [2.45, 2.75) is 46.2 Å². The predicted octanol–water partition coefficient (Wildman–Crippen LogP) is 3.14. The summed E-state index contributed by atoms with van der Waals surface area (Å²) in [5, 5.41) is 7.41. The van der Waals surface area contributed by atoms with Crippen molar-refractivity contribution in [3.8, 4) is 0 Å². The van der Waals surface area contributed by atoms with Gasteiger partial charge in [-0.1, -0.05) is 18.2 Å². The Hall–Kier alpha value is -1.81. The minimum Gasteiger partial charge on any atom is -0.461 e. The average molecular weight is 288 g/mol. The van der Waals surface area contributed by atoms with E-state index in [2.05, 4.69) is 16.7 Å². The van der Waals surface area contributed by atoms with Gasteiger partial charge in [-0.05, 0) is 33.8 Å². The Kier molecular flexibility index (Phi) is 4.68. The molecule has 2 rings (SSSR count). The highest BCUT2D eigenvalue weighted by Crippen LogP contribution is 2.24. The number of carbonyl (C=O) groups excluding carboxylic acids is 1. The lowest BCUT2D eigenvalue weighted by Crippen LogP contribution is -2.41. The van der Waals surface area contributed by atoms with Crippen LogP contribution in [-0.4, -0.2) is 18.0 Å². The number of hydrogen-bond acceptors (Lipinski definition) is 3. The Morgan fingerprint density at radius 2 is 1.95 bits per heavy atom. The Bertz CT molecular complexity index is 623. The average Bonchev–Trinajstić information content (AvgIpc) is 2.68. The molecule has 0 saturated heterocycles. The van der Waals surface area contributed by atoms with E-state index in [1.54, 1.807) is 0 Å². The fourth-order valence-corrected chi connectivity index (χ4v) is 2.34. The quantitative estimate of drug-likeness (QED) is 0.831. The summed E-state index contributed by atoms with van der Waals surface area (Å²) in [6, 6.07) is 8.02. The first-order chi connectivity index (χ1) is 9.87. The molecule has 21 heavy (non-hydrogen) atoms. The van der Waals surface area contributed by atoms with Crippen molar-refractivity contribution >= 4 is 16.9 Å². The van der Waals surface area contributed by atoms with Crippen LogP contribution in [0.5, 0.6) is 0 Å². The summed E-state index contributed by atoms with van der Waals surface area (Å²) in [7, 11) is 0. The molecule has 1 heterocycles.